The predicted octanol–water partition coefficient (Wildman–Crippen LogP) is 5.62. The lowest BCUT2D eigenvalue weighted by Crippen LogP contribution is -2.12. The molecule has 0 unspecified atom stereocenters. The number of thioether (sulfide) groups is 1. The van der Waals surface area contributed by atoms with Gasteiger partial charge in [0.05, 0.1) is 10.6 Å². The summed E-state index contributed by atoms with van der Waals surface area (Å²) in [6.07, 6.45) is 1.93. The summed E-state index contributed by atoms with van der Waals surface area (Å²) in [5.41, 5.74) is 0.938. The molecule has 0 atom stereocenters. The second-order valence-electron chi connectivity index (χ2n) is 3.96. The number of carbonyl (C=O) groups excluding carboxylic acids is 1. The molecule has 2 nitrogen and oxygen atoms in total. The van der Waals surface area contributed by atoms with Crippen molar-refractivity contribution >= 4 is 58.2 Å². The first-order valence-electron chi connectivity index (χ1n) is 5.60. The number of benzene rings is 2. The summed E-state index contributed by atoms with van der Waals surface area (Å²) < 4.78 is 0. The highest BCUT2D eigenvalue weighted by Crippen LogP contribution is 2.26. The highest BCUT2D eigenvalue weighted by Gasteiger charge is 2.12. The van der Waals surface area contributed by atoms with Crippen LogP contribution in [0, 0.1) is 0 Å². The minimum Gasteiger partial charge on any atom is -0.322 e. The number of anilines is 1. The molecular weight excluding hydrogens is 337 g/mol. The lowest BCUT2D eigenvalue weighted by Gasteiger charge is -2.09. The summed E-state index contributed by atoms with van der Waals surface area (Å²) in [5, 5.41) is 4.04. The van der Waals surface area contributed by atoms with Gasteiger partial charge >= 0.3 is 0 Å². The Morgan fingerprint density at radius 2 is 1.70 bits per heavy atom. The average molecular weight is 347 g/mol. The van der Waals surface area contributed by atoms with Crippen LogP contribution in [0.1, 0.15) is 10.4 Å². The minimum atomic E-state index is -0.302. The Bertz CT molecular complexity index is 641. The van der Waals surface area contributed by atoms with Crippen molar-refractivity contribution in [3.8, 4) is 0 Å². The molecule has 2 aromatic rings. The molecule has 104 valence electrons. The third-order valence-electron chi connectivity index (χ3n) is 2.54. The first-order valence-corrected chi connectivity index (χ1v) is 7.96. The van der Waals surface area contributed by atoms with Crippen LogP contribution in [0.2, 0.25) is 15.1 Å². The summed E-state index contributed by atoms with van der Waals surface area (Å²) in [5.74, 6) is -0.302. The highest BCUT2D eigenvalue weighted by molar-refractivity contribution is 7.98. The summed E-state index contributed by atoms with van der Waals surface area (Å²) >= 11 is 19.4. The number of rotatable bonds is 3. The SMILES string of the molecule is CSc1ccc(Cl)c(C(=O)Nc2cc(Cl)cc(Cl)c2)c1. The smallest absolute Gasteiger partial charge is 0.257 e. The Labute approximate surface area is 136 Å². The summed E-state index contributed by atoms with van der Waals surface area (Å²) in [4.78, 5) is 13.2. The molecule has 0 aliphatic heterocycles. The van der Waals surface area contributed by atoms with Gasteiger partial charge in [-0.3, -0.25) is 4.79 Å². The van der Waals surface area contributed by atoms with Crippen molar-refractivity contribution in [1.82, 2.24) is 0 Å². The Hall–Kier alpha value is -0.870. The number of hydrogen-bond acceptors (Lipinski definition) is 2. The largest absolute Gasteiger partial charge is 0.322 e. The topological polar surface area (TPSA) is 29.1 Å². The van der Waals surface area contributed by atoms with E-state index in [1.54, 1.807) is 30.3 Å². The third-order valence-corrected chi connectivity index (χ3v) is 4.03. The maximum Gasteiger partial charge on any atom is 0.257 e. The molecule has 6 heteroatoms. The van der Waals surface area contributed by atoms with Gasteiger partial charge in [0.1, 0.15) is 0 Å². The van der Waals surface area contributed by atoms with Crippen LogP contribution in [0.4, 0.5) is 5.69 Å². The lowest BCUT2D eigenvalue weighted by atomic mass is 10.2. The molecule has 0 aromatic heterocycles. The molecule has 0 saturated carbocycles. The van der Waals surface area contributed by atoms with Crippen molar-refractivity contribution in [2.24, 2.45) is 0 Å². The normalized spacial score (nSPS) is 10.4. The van der Waals surface area contributed by atoms with Gasteiger partial charge in [-0.05, 0) is 42.7 Å². The molecule has 0 heterocycles. The van der Waals surface area contributed by atoms with Crippen molar-refractivity contribution in [1.29, 1.82) is 0 Å². The van der Waals surface area contributed by atoms with Crippen LogP contribution >= 0.6 is 46.6 Å². The van der Waals surface area contributed by atoms with Gasteiger partial charge in [-0.2, -0.15) is 0 Å². The molecule has 0 spiro atoms. The first-order chi connectivity index (χ1) is 9.49. The molecule has 20 heavy (non-hydrogen) atoms. The molecule has 1 amide bonds. The second-order valence-corrected chi connectivity index (χ2v) is 6.12. The van der Waals surface area contributed by atoms with Crippen molar-refractivity contribution in [3.05, 3.63) is 57.0 Å². The Kier molecular flexibility index (Phi) is 5.22. The van der Waals surface area contributed by atoms with Gasteiger partial charge in [-0.25, -0.2) is 0 Å². The molecule has 0 fully saturated rings. The van der Waals surface area contributed by atoms with E-state index in [0.717, 1.165) is 4.90 Å². The van der Waals surface area contributed by atoms with Gasteiger partial charge < -0.3 is 5.32 Å². The van der Waals surface area contributed by atoms with Crippen molar-refractivity contribution in [2.75, 3.05) is 11.6 Å². The Morgan fingerprint density at radius 1 is 1.05 bits per heavy atom. The van der Waals surface area contributed by atoms with Crippen molar-refractivity contribution in [2.45, 2.75) is 4.90 Å². The standard InChI is InChI=1S/C14H10Cl3NOS/c1-20-11-2-3-13(17)12(7-11)14(19)18-10-5-8(15)4-9(16)6-10/h2-7H,1H3,(H,18,19). The lowest BCUT2D eigenvalue weighted by molar-refractivity contribution is 0.102. The van der Waals surface area contributed by atoms with Crippen LogP contribution in [0.15, 0.2) is 41.3 Å². The molecule has 0 bridgehead atoms. The van der Waals surface area contributed by atoms with Crippen molar-refractivity contribution in [3.63, 3.8) is 0 Å². The molecule has 0 radical (unpaired) electrons. The van der Waals surface area contributed by atoms with Crippen LogP contribution in [0.5, 0.6) is 0 Å². The number of halogens is 3. The van der Waals surface area contributed by atoms with E-state index in [1.807, 2.05) is 12.3 Å². The summed E-state index contributed by atoms with van der Waals surface area (Å²) in [6.45, 7) is 0. The second kappa shape index (κ2) is 6.72. The zero-order valence-corrected chi connectivity index (χ0v) is 13.5. The third kappa shape index (κ3) is 3.83. The maximum absolute atomic E-state index is 12.2. The molecule has 0 aliphatic carbocycles. The monoisotopic (exact) mass is 345 g/mol. The Morgan fingerprint density at radius 3 is 2.30 bits per heavy atom. The number of hydrogen-bond donors (Lipinski definition) is 1. The van der Waals surface area contributed by atoms with Gasteiger partial charge in [0.25, 0.3) is 5.91 Å². The van der Waals surface area contributed by atoms with Gasteiger partial charge in [0, 0.05) is 20.6 Å². The first kappa shape index (κ1) is 15.5. The highest BCUT2D eigenvalue weighted by atomic mass is 35.5. The zero-order chi connectivity index (χ0) is 14.7. The van der Waals surface area contributed by atoms with Crippen LogP contribution in [-0.4, -0.2) is 12.2 Å². The molecule has 0 saturated heterocycles. The number of amides is 1. The fourth-order valence-corrected chi connectivity index (χ4v) is 2.80. The van der Waals surface area contributed by atoms with Gasteiger partial charge in [0.2, 0.25) is 0 Å². The van der Waals surface area contributed by atoms with Crippen LogP contribution < -0.4 is 5.32 Å². The average Bonchev–Trinajstić information content (AvgIpc) is 2.37. The van der Waals surface area contributed by atoms with E-state index in [4.69, 9.17) is 34.8 Å². The van der Waals surface area contributed by atoms with E-state index in [9.17, 15) is 4.79 Å². The summed E-state index contributed by atoms with van der Waals surface area (Å²) in [7, 11) is 0. The number of carbonyl (C=O) groups is 1. The van der Waals surface area contributed by atoms with E-state index >= 15 is 0 Å². The van der Waals surface area contributed by atoms with E-state index in [1.165, 1.54) is 11.8 Å². The minimum absolute atomic E-state index is 0.302. The number of nitrogens with one attached hydrogen (secondary N) is 1. The molecule has 0 aliphatic rings. The van der Waals surface area contributed by atoms with Crippen molar-refractivity contribution < 1.29 is 4.79 Å². The maximum atomic E-state index is 12.2. The van der Waals surface area contributed by atoms with Crippen LogP contribution in [-0.2, 0) is 0 Å². The predicted molar refractivity (Wildman–Crippen MR) is 87.6 cm³/mol. The van der Waals surface area contributed by atoms with Crippen LogP contribution in [0.3, 0.4) is 0 Å². The van der Waals surface area contributed by atoms with Gasteiger partial charge in [-0.15, -0.1) is 11.8 Å². The van der Waals surface area contributed by atoms with E-state index in [0.29, 0.717) is 26.3 Å². The zero-order valence-electron chi connectivity index (χ0n) is 10.4. The Balaban J connectivity index is 2.27. The van der Waals surface area contributed by atoms with E-state index < -0.39 is 0 Å². The molecule has 2 aromatic carbocycles. The molecule has 1 N–H and O–H groups in total. The summed E-state index contributed by atoms with van der Waals surface area (Å²) in [6, 6.07) is 10.1. The van der Waals surface area contributed by atoms with Gasteiger partial charge in [0.15, 0.2) is 0 Å². The van der Waals surface area contributed by atoms with E-state index in [2.05, 4.69) is 5.32 Å². The fourth-order valence-electron chi connectivity index (χ4n) is 1.63. The fraction of sp³-hybridized carbons (Fsp3) is 0.0714. The van der Waals surface area contributed by atoms with Crippen LogP contribution in [0.25, 0.3) is 0 Å². The van der Waals surface area contributed by atoms with Gasteiger partial charge in [-0.1, -0.05) is 34.8 Å². The van der Waals surface area contributed by atoms with E-state index in [-0.39, 0.29) is 5.91 Å². The quantitative estimate of drug-likeness (QED) is 0.731. The molecular formula is C14H10Cl3NOS. The molecule has 2 rings (SSSR count).